The van der Waals surface area contributed by atoms with E-state index in [1.165, 1.54) is 0 Å². The number of carbonyl (C=O) groups is 1. The molecule has 2 saturated heterocycles. The maximum Gasteiger partial charge on any atom is 0.255 e. The molecule has 2 atom stereocenters. The van der Waals surface area contributed by atoms with Crippen molar-refractivity contribution < 1.29 is 4.79 Å². The SMILES string of the molecule is Cc1cc(C(=O)N2CC[C@@H]3CNC[C@@H]3CC2)c(C)n1-c1ccccn1. The molecular weight excluding hydrogens is 312 g/mol. The zero-order valence-electron chi connectivity index (χ0n) is 15.0. The van der Waals surface area contributed by atoms with E-state index in [0.29, 0.717) is 0 Å². The Hall–Kier alpha value is -2.14. The number of aromatic nitrogens is 2. The van der Waals surface area contributed by atoms with Gasteiger partial charge in [-0.25, -0.2) is 4.98 Å². The van der Waals surface area contributed by atoms with E-state index < -0.39 is 0 Å². The summed E-state index contributed by atoms with van der Waals surface area (Å²) in [6, 6.07) is 7.88. The van der Waals surface area contributed by atoms with Gasteiger partial charge in [-0.1, -0.05) is 6.07 Å². The van der Waals surface area contributed by atoms with Gasteiger partial charge in [0.1, 0.15) is 5.82 Å². The zero-order chi connectivity index (χ0) is 17.4. The van der Waals surface area contributed by atoms with E-state index in [0.717, 1.165) is 73.6 Å². The van der Waals surface area contributed by atoms with Crippen molar-refractivity contribution in [2.45, 2.75) is 26.7 Å². The Morgan fingerprint density at radius 3 is 2.52 bits per heavy atom. The number of nitrogens with zero attached hydrogens (tertiary/aromatic N) is 3. The highest BCUT2D eigenvalue weighted by molar-refractivity contribution is 5.96. The average molecular weight is 338 g/mol. The van der Waals surface area contributed by atoms with Crippen LogP contribution in [0.2, 0.25) is 0 Å². The molecule has 0 radical (unpaired) electrons. The normalized spacial score (nSPS) is 23.4. The molecule has 1 amide bonds. The molecule has 2 aromatic rings. The van der Waals surface area contributed by atoms with Gasteiger partial charge >= 0.3 is 0 Å². The smallest absolute Gasteiger partial charge is 0.255 e. The van der Waals surface area contributed by atoms with Crippen molar-refractivity contribution in [2.24, 2.45) is 11.8 Å². The van der Waals surface area contributed by atoms with Gasteiger partial charge in [0.25, 0.3) is 5.91 Å². The second-order valence-electron chi connectivity index (χ2n) is 7.36. The number of amides is 1. The first-order chi connectivity index (χ1) is 12.1. The molecule has 0 spiro atoms. The summed E-state index contributed by atoms with van der Waals surface area (Å²) < 4.78 is 2.07. The molecule has 2 fully saturated rings. The minimum atomic E-state index is 0.170. The topological polar surface area (TPSA) is 50.2 Å². The third-order valence-corrected chi connectivity index (χ3v) is 5.85. The van der Waals surface area contributed by atoms with Crippen LogP contribution < -0.4 is 5.32 Å². The van der Waals surface area contributed by atoms with Crippen LogP contribution in [0.3, 0.4) is 0 Å². The Bertz CT molecular complexity index is 754. The molecular formula is C20H26N4O. The Labute approximate surface area is 149 Å². The Kier molecular flexibility index (Phi) is 4.34. The summed E-state index contributed by atoms with van der Waals surface area (Å²) in [7, 11) is 0. The summed E-state index contributed by atoms with van der Waals surface area (Å²) in [6.07, 6.45) is 4.02. The number of fused-ring (bicyclic) bond motifs is 1. The quantitative estimate of drug-likeness (QED) is 0.915. The average Bonchev–Trinajstić information content (AvgIpc) is 3.13. The number of hydrogen-bond donors (Lipinski definition) is 1. The maximum absolute atomic E-state index is 13.2. The molecule has 132 valence electrons. The third-order valence-electron chi connectivity index (χ3n) is 5.85. The van der Waals surface area contributed by atoms with E-state index in [-0.39, 0.29) is 5.91 Å². The second kappa shape index (κ2) is 6.64. The van der Waals surface area contributed by atoms with Gasteiger partial charge in [-0.15, -0.1) is 0 Å². The third kappa shape index (κ3) is 2.97. The van der Waals surface area contributed by atoms with Crippen molar-refractivity contribution in [1.29, 1.82) is 0 Å². The standard InChI is InChI=1S/C20H26N4O/c1-14-11-18(15(2)24(14)19-5-3-4-8-22-19)20(25)23-9-6-16-12-21-13-17(16)7-10-23/h3-5,8,11,16-17,21H,6-7,9-10,12-13H2,1-2H3/t16-,17+. The molecule has 0 bridgehead atoms. The molecule has 2 aliphatic heterocycles. The molecule has 0 aromatic carbocycles. The fourth-order valence-electron chi connectivity index (χ4n) is 4.41. The second-order valence-corrected chi connectivity index (χ2v) is 7.36. The lowest BCUT2D eigenvalue weighted by molar-refractivity contribution is 0.0758. The van der Waals surface area contributed by atoms with Gasteiger partial charge in [0.05, 0.1) is 5.56 Å². The van der Waals surface area contributed by atoms with Gasteiger partial charge in [-0.3, -0.25) is 4.79 Å². The van der Waals surface area contributed by atoms with E-state index in [1.807, 2.05) is 38.1 Å². The van der Waals surface area contributed by atoms with E-state index in [9.17, 15) is 4.79 Å². The van der Waals surface area contributed by atoms with Crippen molar-refractivity contribution in [2.75, 3.05) is 26.2 Å². The number of aryl methyl sites for hydroxylation is 1. The number of carbonyl (C=O) groups excluding carboxylic acids is 1. The number of hydrogen-bond acceptors (Lipinski definition) is 3. The predicted molar refractivity (Wildman–Crippen MR) is 98.0 cm³/mol. The molecule has 4 rings (SSSR count). The first-order valence-electron chi connectivity index (χ1n) is 9.25. The summed E-state index contributed by atoms with van der Waals surface area (Å²) in [6.45, 7) is 8.02. The molecule has 5 heteroatoms. The van der Waals surface area contributed by atoms with Crippen molar-refractivity contribution in [3.8, 4) is 5.82 Å². The van der Waals surface area contributed by atoms with Crippen LogP contribution in [0.1, 0.15) is 34.6 Å². The van der Waals surface area contributed by atoms with Gasteiger partial charge in [-0.2, -0.15) is 0 Å². The Morgan fingerprint density at radius 1 is 1.16 bits per heavy atom. The zero-order valence-corrected chi connectivity index (χ0v) is 15.0. The lowest BCUT2D eigenvalue weighted by atomic mass is 9.92. The van der Waals surface area contributed by atoms with Crippen molar-refractivity contribution >= 4 is 5.91 Å². The highest BCUT2D eigenvalue weighted by Crippen LogP contribution is 2.28. The largest absolute Gasteiger partial charge is 0.339 e. The summed E-state index contributed by atoms with van der Waals surface area (Å²) in [5.74, 6) is 2.51. The summed E-state index contributed by atoms with van der Waals surface area (Å²) in [5, 5.41) is 3.49. The number of rotatable bonds is 2. The van der Waals surface area contributed by atoms with Crippen LogP contribution in [-0.2, 0) is 0 Å². The van der Waals surface area contributed by atoms with Gasteiger partial charge < -0.3 is 14.8 Å². The molecule has 1 N–H and O–H groups in total. The molecule has 0 saturated carbocycles. The predicted octanol–water partition coefficient (Wildman–Crippen LogP) is 2.56. The fraction of sp³-hybridized carbons (Fsp3) is 0.500. The number of pyridine rings is 1. The number of nitrogens with one attached hydrogen (secondary N) is 1. The summed E-state index contributed by atoms with van der Waals surface area (Å²) >= 11 is 0. The molecule has 4 heterocycles. The first kappa shape index (κ1) is 16.3. The van der Waals surface area contributed by atoms with Crippen LogP contribution in [0, 0.1) is 25.7 Å². The first-order valence-corrected chi connectivity index (χ1v) is 9.25. The van der Waals surface area contributed by atoms with Crippen molar-refractivity contribution in [3.63, 3.8) is 0 Å². The van der Waals surface area contributed by atoms with Gasteiger partial charge in [0, 0.05) is 30.7 Å². The molecule has 0 unspecified atom stereocenters. The van der Waals surface area contributed by atoms with E-state index in [1.54, 1.807) is 6.20 Å². The van der Waals surface area contributed by atoms with Crippen LogP contribution in [-0.4, -0.2) is 46.5 Å². The van der Waals surface area contributed by atoms with Gasteiger partial charge in [0.15, 0.2) is 0 Å². The van der Waals surface area contributed by atoms with Crippen molar-refractivity contribution in [3.05, 3.63) is 47.4 Å². The molecule has 25 heavy (non-hydrogen) atoms. The van der Waals surface area contributed by atoms with Crippen LogP contribution in [0.25, 0.3) is 5.82 Å². The van der Waals surface area contributed by atoms with Crippen LogP contribution >= 0.6 is 0 Å². The molecule has 2 aliphatic rings. The minimum absolute atomic E-state index is 0.170. The van der Waals surface area contributed by atoms with Crippen LogP contribution in [0.15, 0.2) is 30.5 Å². The molecule has 2 aromatic heterocycles. The fourth-order valence-corrected chi connectivity index (χ4v) is 4.41. The monoisotopic (exact) mass is 338 g/mol. The van der Waals surface area contributed by atoms with E-state index in [2.05, 4.69) is 19.8 Å². The molecule has 5 nitrogen and oxygen atoms in total. The Balaban J connectivity index is 1.58. The van der Waals surface area contributed by atoms with E-state index >= 15 is 0 Å². The van der Waals surface area contributed by atoms with Gasteiger partial charge in [0.2, 0.25) is 0 Å². The highest BCUT2D eigenvalue weighted by Gasteiger charge is 2.32. The molecule has 0 aliphatic carbocycles. The number of likely N-dealkylation sites (tertiary alicyclic amines) is 1. The Morgan fingerprint density at radius 2 is 1.88 bits per heavy atom. The van der Waals surface area contributed by atoms with Crippen LogP contribution in [0.5, 0.6) is 0 Å². The minimum Gasteiger partial charge on any atom is -0.339 e. The summed E-state index contributed by atoms with van der Waals surface area (Å²) in [4.78, 5) is 19.7. The van der Waals surface area contributed by atoms with Crippen LogP contribution in [0.4, 0.5) is 0 Å². The lowest BCUT2D eigenvalue weighted by Gasteiger charge is -2.21. The summed E-state index contributed by atoms with van der Waals surface area (Å²) in [5.41, 5.74) is 2.84. The van der Waals surface area contributed by atoms with Gasteiger partial charge in [-0.05, 0) is 69.8 Å². The maximum atomic E-state index is 13.2. The van der Waals surface area contributed by atoms with Crippen molar-refractivity contribution in [1.82, 2.24) is 19.8 Å². The highest BCUT2D eigenvalue weighted by atomic mass is 16.2. The lowest BCUT2D eigenvalue weighted by Crippen LogP contribution is -2.33. The van der Waals surface area contributed by atoms with E-state index in [4.69, 9.17) is 0 Å².